The summed E-state index contributed by atoms with van der Waals surface area (Å²) in [4.78, 5) is 4.69. The number of benzene rings is 3. The molecule has 0 N–H and O–H groups in total. The Kier molecular flexibility index (Phi) is 3.96. The van der Waals surface area contributed by atoms with Gasteiger partial charge in [0.2, 0.25) is 0 Å². The first-order valence-electron chi connectivity index (χ1n) is 7.67. The molecule has 0 aliphatic heterocycles. The van der Waals surface area contributed by atoms with E-state index in [1.165, 1.54) is 18.4 Å². The molecule has 0 atom stereocenters. The van der Waals surface area contributed by atoms with Crippen LogP contribution in [0.4, 0.5) is 0 Å². The van der Waals surface area contributed by atoms with Crippen molar-refractivity contribution in [2.75, 3.05) is 0 Å². The van der Waals surface area contributed by atoms with Crippen molar-refractivity contribution in [2.24, 2.45) is 0 Å². The molecule has 0 saturated carbocycles. The van der Waals surface area contributed by atoms with Crippen molar-refractivity contribution in [3.05, 3.63) is 97.2 Å². The van der Waals surface area contributed by atoms with Gasteiger partial charge < -0.3 is 0 Å². The predicted molar refractivity (Wildman–Crippen MR) is 99.3 cm³/mol. The summed E-state index contributed by atoms with van der Waals surface area (Å²) in [6.45, 7) is 0. The Morgan fingerprint density at radius 3 is 1.78 bits per heavy atom. The summed E-state index contributed by atoms with van der Waals surface area (Å²) in [6.07, 6.45) is 2.07. The number of nitrogens with zero attached hydrogens (tertiary/aromatic N) is 1. The van der Waals surface area contributed by atoms with E-state index in [1.54, 1.807) is 0 Å². The predicted octanol–water partition coefficient (Wildman–Crippen LogP) is 2.75. The Balaban J connectivity index is 1.90. The van der Waals surface area contributed by atoms with Crippen LogP contribution in [0.3, 0.4) is 0 Å². The van der Waals surface area contributed by atoms with Gasteiger partial charge in [0.25, 0.3) is 0 Å². The van der Waals surface area contributed by atoms with Crippen LogP contribution in [0.2, 0.25) is 0 Å². The minimum atomic E-state index is -1.56. The van der Waals surface area contributed by atoms with Crippen molar-refractivity contribution >= 4 is 38.6 Å². The Morgan fingerprint density at radius 2 is 1.13 bits per heavy atom. The van der Waals surface area contributed by atoms with Crippen LogP contribution in [0.1, 0.15) is 0 Å². The Morgan fingerprint density at radius 1 is 0.565 bits per heavy atom. The summed E-state index contributed by atoms with van der Waals surface area (Å²) < 4.78 is 4.24. The number of rotatable bonds is 3. The number of hydrogen-bond acceptors (Lipinski definition) is 1. The molecule has 4 rings (SSSR count). The molecule has 23 heavy (non-hydrogen) atoms. The van der Waals surface area contributed by atoms with Crippen molar-refractivity contribution in [1.82, 2.24) is 4.98 Å². The topological polar surface area (TPSA) is 12.9 Å². The van der Waals surface area contributed by atoms with Gasteiger partial charge in [-0.1, -0.05) is 0 Å². The molecular weight excluding hydrogens is 341 g/mol. The average molecular weight is 357 g/mol. The van der Waals surface area contributed by atoms with Crippen molar-refractivity contribution in [2.45, 2.75) is 0 Å². The van der Waals surface area contributed by atoms with Crippen molar-refractivity contribution < 1.29 is 0 Å². The van der Waals surface area contributed by atoms with Gasteiger partial charge in [0.15, 0.2) is 0 Å². The third kappa shape index (κ3) is 2.93. The molecule has 0 amide bonds. The van der Waals surface area contributed by atoms with Gasteiger partial charge in [0.05, 0.1) is 0 Å². The summed E-state index contributed by atoms with van der Waals surface area (Å²) >= 11 is -1.56. The van der Waals surface area contributed by atoms with E-state index in [2.05, 4.69) is 96.1 Å². The van der Waals surface area contributed by atoms with Crippen molar-refractivity contribution in [1.29, 1.82) is 0 Å². The van der Waals surface area contributed by atoms with E-state index in [1.807, 2.05) is 6.07 Å². The van der Waals surface area contributed by atoms with E-state index in [-0.39, 0.29) is 0 Å². The molecule has 0 fully saturated rings. The van der Waals surface area contributed by atoms with E-state index >= 15 is 0 Å². The molecule has 0 radical (unpaired) electrons. The molecule has 0 aliphatic rings. The first kappa shape index (κ1) is 14.2. The molecule has 2 heteroatoms. The molecule has 0 unspecified atom stereocenters. The van der Waals surface area contributed by atoms with Crippen molar-refractivity contribution in [3.8, 4) is 0 Å². The molecule has 1 aromatic heterocycles. The average Bonchev–Trinajstić information content (AvgIpc) is 2.64. The Labute approximate surface area is 140 Å². The third-order valence-electron chi connectivity index (χ3n) is 3.86. The molecule has 0 bridgehead atoms. The molecule has 3 aromatic carbocycles. The zero-order valence-electron chi connectivity index (χ0n) is 12.6. The fourth-order valence-electron chi connectivity index (χ4n) is 2.78. The molecule has 0 saturated heterocycles. The number of hydrogen-bond donors (Lipinski definition) is 0. The second kappa shape index (κ2) is 6.40. The van der Waals surface area contributed by atoms with E-state index in [0.29, 0.717) is 0 Å². The Hall–Kier alpha value is -2.37. The standard InChI is InChI=1S/C21H16AsN/c1-3-10-18(11-4-1)22(19-12-5-2-6-13-19)20-15-17-9-7-8-14-21(17)23-16-20/h1-16H. The quantitative estimate of drug-likeness (QED) is 0.514. The maximum absolute atomic E-state index is 4.69. The van der Waals surface area contributed by atoms with Gasteiger partial charge in [-0.15, -0.1) is 0 Å². The van der Waals surface area contributed by atoms with Gasteiger partial charge in [-0.25, -0.2) is 0 Å². The number of para-hydroxylation sites is 1. The molecule has 0 spiro atoms. The van der Waals surface area contributed by atoms with E-state index in [0.717, 1.165) is 5.52 Å². The van der Waals surface area contributed by atoms with E-state index in [9.17, 15) is 0 Å². The molecule has 0 aliphatic carbocycles. The van der Waals surface area contributed by atoms with Gasteiger partial charge in [-0.3, -0.25) is 0 Å². The SMILES string of the molecule is c1ccc([As](c2ccccc2)c2cnc3ccccc3c2)cc1. The van der Waals surface area contributed by atoms with Crippen LogP contribution in [0.25, 0.3) is 10.9 Å². The van der Waals surface area contributed by atoms with Crippen molar-refractivity contribution in [3.63, 3.8) is 0 Å². The summed E-state index contributed by atoms with van der Waals surface area (Å²) in [6, 6.07) is 32.4. The normalized spacial score (nSPS) is 11.0. The third-order valence-corrected chi connectivity index (χ3v) is 8.88. The van der Waals surface area contributed by atoms with Crippen LogP contribution in [0.15, 0.2) is 97.2 Å². The monoisotopic (exact) mass is 357 g/mol. The fraction of sp³-hybridized carbons (Fsp3) is 0. The number of fused-ring (bicyclic) bond motifs is 1. The molecule has 1 nitrogen and oxygen atoms in total. The summed E-state index contributed by atoms with van der Waals surface area (Å²) in [7, 11) is 0. The zero-order valence-corrected chi connectivity index (χ0v) is 14.5. The Bertz CT molecular complexity index is 880. The van der Waals surface area contributed by atoms with Crippen LogP contribution >= 0.6 is 0 Å². The number of pyridine rings is 1. The van der Waals surface area contributed by atoms with Gasteiger partial charge in [0, 0.05) is 0 Å². The van der Waals surface area contributed by atoms with Gasteiger partial charge in [0.1, 0.15) is 0 Å². The van der Waals surface area contributed by atoms with Crippen LogP contribution in [-0.4, -0.2) is 19.6 Å². The fourth-order valence-corrected chi connectivity index (χ4v) is 7.56. The van der Waals surface area contributed by atoms with Gasteiger partial charge in [-0.05, 0) is 0 Å². The molecular formula is C21H16AsN. The van der Waals surface area contributed by atoms with Gasteiger partial charge >= 0.3 is 141 Å². The first-order valence-corrected chi connectivity index (χ1v) is 10.5. The van der Waals surface area contributed by atoms with Crippen LogP contribution < -0.4 is 13.1 Å². The van der Waals surface area contributed by atoms with Crippen LogP contribution in [0, 0.1) is 0 Å². The van der Waals surface area contributed by atoms with Gasteiger partial charge in [-0.2, -0.15) is 0 Å². The molecule has 1 heterocycles. The number of aromatic nitrogens is 1. The molecule has 110 valence electrons. The second-order valence-corrected chi connectivity index (χ2v) is 10.1. The zero-order chi connectivity index (χ0) is 15.5. The molecule has 4 aromatic rings. The van der Waals surface area contributed by atoms with Crippen LogP contribution in [0.5, 0.6) is 0 Å². The van der Waals surface area contributed by atoms with E-state index in [4.69, 9.17) is 0 Å². The van der Waals surface area contributed by atoms with E-state index < -0.39 is 14.7 Å². The van der Waals surface area contributed by atoms with Crippen LogP contribution in [-0.2, 0) is 0 Å². The minimum absolute atomic E-state index is 1.06. The first-order chi connectivity index (χ1) is 11.4. The summed E-state index contributed by atoms with van der Waals surface area (Å²) in [5, 5.41) is 1.22. The second-order valence-electron chi connectivity index (χ2n) is 5.39. The summed E-state index contributed by atoms with van der Waals surface area (Å²) in [5.74, 6) is 0. The summed E-state index contributed by atoms with van der Waals surface area (Å²) in [5.41, 5.74) is 1.06. The maximum atomic E-state index is 4.69.